The third kappa shape index (κ3) is 2.10. The molecule has 3 rings (SSSR count). The Kier molecular flexibility index (Phi) is 2.80. The van der Waals surface area contributed by atoms with E-state index in [0.717, 1.165) is 11.1 Å². The van der Waals surface area contributed by atoms with Gasteiger partial charge in [-0.3, -0.25) is 4.79 Å². The Bertz CT molecular complexity index is 776. The molecule has 1 aromatic heterocycles. The molecule has 94 valence electrons. The van der Waals surface area contributed by atoms with Gasteiger partial charge >= 0.3 is 0 Å². The summed E-state index contributed by atoms with van der Waals surface area (Å²) in [5, 5.41) is 10.5. The summed E-state index contributed by atoms with van der Waals surface area (Å²) in [6, 6.07) is 16.9. The summed E-state index contributed by atoms with van der Waals surface area (Å²) >= 11 is 0. The van der Waals surface area contributed by atoms with Crippen molar-refractivity contribution in [3.63, 3.8) is 0 Å². The molecule has 3 aromatic rings. The standard InChI is InChI=1S/C16H13NO2/c18-15-12-8-4-5-9-13(12)17-14(16(15)19)10-11-6-2-1-3-7-11/h1-9,19H,10H2,(H,17,18). The molecule has 1 heterocycles. The second-order valence-electron chi connectivity index (χ2n) is 4.49. The lowest BCUT2D eigenvalue weighted by atomic mass is 10.1. The minimum absolute atomic E-state index is 0.192. The Morgan fingerprint density at radius 2 is 1.63 bits per heavy atom. The number of fused-ring (bicyclic) bond motifs is 1. The highest BCUT2D eigenvalue weighted by atomic mass is 16.3. The van der Waals surface area contributed by atoms with Crippen LogP contribution in [0.4, 0.5) is 0 Å². The molecule has 0 spiro atoms. The van der Waals surface area contributed by atoms with Crippen molar-refractivity contribution in [2.75, 3.05) is 0 Å². The van der Waals surface area contributed by atoms with Gasteiger partial charge in [-0.2, -0.15) is 0 Å². The van der Waals surface area contributed by atoms with Gasteiger partial charge in [0.05, 0.1) is 5.69 Å². The number of hydrogen-bond donors (Lipinski definition) is 2. The van der Waals surface area contributed by atoms with Gasteiger partial charge in [0, 0.05) is 17.3 Å². The lowest BCUT2D eigenvalue weighted by molar-refractivity contribution is 0.462. The summed E-state index contributed by atoms with van der Waals surface area (Å²) in [6.07, 6.45) is 0.507. The number of rotatable bonds is 2. The van der Waals surface area contributed by atoms with Gasteiger partial charge in [-0.25, -0.2) is 0 Å². The van der Waals surface area contributed by atoms with E-state index in [0.29, 0.717) is 17.5 Å². The van der Waals surface area contributed by atoms with Crippen LogP contribution in [0.2, 0.25) is 0 Å². The number of aromatic amines is 1. The van der Waals surface area contributed by atoms with Crippen LogP contribution in [-0.2, 0) is 6.42 Å². The summed E-state index contributed by atoms with van der Waals surface area (Å²) < 4.78 is 0. The van der Waals surface area contributed by atoms with Crippen molar-refractivity contribution < 1.29 is 5.11 Å². The summed E-state index contributed by atoms with van der Waals surface area (Å²) in [7, 11) is 0. The summed E-state index contributed by atoms with van der Waals surface area (Å²) in [6.45, 7) is 0. The van der Waals surface area contributed by atoms with Crippen molar-refractivity contribution in [3.8, 4) is 5.75 Å². The number of pyridine rings is 1. The number of para-hydroxylation sites is 1. The highest BCUT2D eigenvalue weighted by Gasteiger charge is 2.10. The maximum absolute atomic E-state index is 12.1. The molecule has 0 saturated heterocycles. The predicted octanol–water partition coefficient (Wildman–Crippen LogP) is 2.82. The van der Waals surface area contributed by atoms with E-state index in [1.54, 1.807) is 12.1 Å². The van der Waals surface area contributed by atoms with E-state index >= 15 is 0 Å². The van der Waals surface area contributed by atoms with Gasteiger partial charge in [0.1, 0.15) is 0 Å². The number of hydrogen-bond acceptors (Lipinski definition) is 2. The molecule has 0 aliphatic carbocycles. The summed E-state index contributed by atoms with van der Waals surface area (Å²) in [5.74, 6) is -0.192. The lowest BCUT2D eigenvalue weighted by Crippen LogP contribution is -2.07. The Morgan fingerprint density at radius 3 is 2.42 bits per heavy atom. The van der Waals surface area contributed by atoms with Crippen LogP contribution >= 0.6 is 0 Å². The first-order valence-corrected chi connectivity index (χ1v) is 6.12. The zero-order chi connectivity index (χ0) is 13.2. The van der Waals surface area contributed by atoms with E-state index in [-0.39, 0.29) is 11.2 Å². The fourth-order valence-electron chi connectivity index (χ4n) is 2.20. The number of aromatic hydroxyl groups is 1. The molecule has 0 atom stereocenters. The van der Waals surface area contributed by atoms with Crippen LogP contribution in [0.3, 0.4) is 0 Å². The van der Waals surface area contributed by atoms with Crippen molar-refractivity contribution in [3.05, 3.63) is 76.1 Å². The van der Waals surface area contributed by atoms with Gasteiger partial charge in [0.2, 0.25) is 5.43 Å². The third-order valence-corrected chi connectivity index (χ3v) is 3.18. The fraction of sp³-hybridized carbons (Fsp3) is 0.0625. The molecular formula is C16H13NO2. The first-order chi connectivity index (χ1) is 9.25. The maximum Gasteiger partial charge on any atom is 0.231 e. The third-order valence-electron chi connectivity index (χ3n) is 3.18. The zero-order valence-corrected chi connectivity index (χ0v) is 10.3. The zero-order valence-electron chi connectivity index (χ0n) is 10.3. The molecule has 3 heteroatoms. The van der Waals surface area contributed by atoms with Crippen molar-refractivity contribution in [2.24, 2.45) is 0 Å². The van der Waals surface area contributed by atoms with Crippen LogP contribution in [0.1, 0.15) is 11.3 Å². The summed E-state index contributed by atoms with van der Waals surface area (Å²) in [5.41, 5.74) is 2.02. The van der Waals surface area contributed by atoms with Crippen LogP contribution in [0.5, 0.6) is 5.75 Å². The van der Waals surface area contributed by atoms with Gasteiger partial charge in [0.25, 0.3) is 0 Å². The first-order valence-electron chi connectivity index (χ1n) is 6.12. The second kappa shape index (κ2) is 4.61. The van der Waals surface area contributed by atoms with E-state index in [4.69, 9.17) is 0 Å². The lowest BCUT2D eigenvalue weighted by Gasteiger charge is -2.07. The van der Waals surface area contributed by atoms with Crippen molar-refractivity contribution >= 4 is 10.9 Å². The fourth-order valence-corrected chi connectivity index (χ4v) is 2.20. The molecular weight excluding hydrogens is 238 g/mol. The van der Waals surface area contributed by atoms with Crippen molar-refractivity contribution in [1.82, 2.24) is 4.98 Å². The van der Waals surface area contributed by atoms with E-state index in [2.05, 4.69) is 4.98 Å². The van der Waals surface area contributed by atoms with Crippen LogP contribution in [-0.4, -0.2) is 10.1 Å². The average molecular weight is 251 g/mol. The Balaban J connectivity index is 2.14. The number of H-pyrrole nitrogens is 1. The number of aromatic nitrogens is 1. The SMILES string of the molecule is O=c1c(O)c(Cc2ccccc2)[nH]c2ccccc12. The molecule has 3 nitrogen and oxygen atoms in total. The normalized spacial score (nSPS) is 10.7. The number of nitrogens with one attached hydrogen (secondary N) is 1. The molecule has 0 aliphatic heterocycles. The highest BCUT2D eigenvalue weighted by molar-refractivity contribution is 5.80. The Hall–Kier alpha value is -2.55. The molecule has 19 heavy (non-hydrogen) atoms. The molecule has 0 radical (unpaired) electrons. The first kappa shape index (κ1) is 11.5. The van der Waals surface area contributed by atoms with E-state index < -0.39 is 0 Å². The van der Waals surface area contributed by atoms with E-state index in [1.165, 1.54) is 0 Å². The molecule has 0 saturated carbocycles. The Morgan fingerprint density at radius 1 is 0.947 bits per heavy atom. The largest absolute Gasteiger partial charge is 0.503 e. The van der Waals surface area contributed by atoms with Gasteiger partial charge in [0.15, 0.2) is 5.75 Å². The minimum Gasteiger partial charge on any atom is -0.503 e. The molecule has 0 unspecified atom stereocenters. The molecule has 0 amide bonds. The topological polar surface area (TPSA) is 53.1 Å². The van der Waals surface area contributed by atoms with Crippen molar-refractivity contribution in [2.45, 2.75) is 6.42 Å². The van der Waals surface area contributed by atoms with Crippen LogP contribution in [0.15, 0.2) is 59.4 Å². The quantitative estimate of drug-likeness (QED) is 0.735. The van der Waals surface area contributed by atoms with Gasteiger partial charge in [-0.15, -0.1) is 0 Å². The van der Waals surface area contributed by atoms with Crippen LogP contribution in [0, 0.1) is 0 Å². The monoisotopic (exact) mass is 251 g/mol. The smallest absolute Gasteiger partial charge is 0.231 e. The highest BCUT2D eigenvalue weighted by Crippen LogP contribution is 2.18. The van der Waals surface area contributed by atoms with E-state index in [1.807, 2.05) is 42.5 Å². The van der Waals surface area contributed by atoms with Crippen molar-refractivity contribution in [1.29, 1.82) is 0 Å². The molecule has 0 fully saturated rings. The molecule has 0 bridgehead atoms. The number of benzene rings is 2. The van der Waals surface area contributed by atoms with Crippen LogP contribution < -0.4 is 5.43 Å². The van der Waals surface area contributed by atoms with Gasteiger partial charge in [-0.05, 0) is 17.7 Å². The molecule has 2 aromatic carbocycles. The minimum atomic E-state index is -0.319. The maximum atomic E-state index is 12.1. The van der Waals surface area contributed by atoms with Gasteiger partial charge < -0.3 is 10.1 Å². The Labute approximate surface area is 110 Å². The predicted molar refractivity (Wildman–Crippen MR) is 75.5 cm³/mol. The molecule has 0 aliphatic rings. The van der Waals surface area contributed by atoms with E-state index in [9.17, 15) is 9.90 Å². The summed E-state index contributed by atoms with van der Waals surface area (Å²) in [4.78, 5) is 15.2. The average Bonchev–Trinajstić information content (AvgIpc) is 2.46. The second-order valence-corrected chi connectivity index (χ2v) is 4.49. The van der Waals surface area contributed by atoms with Gasteiger partial charge in [-0.1, -0.05) is 42.5 Å². The molecule has 2 N–H and O–H groups in total. The van der Waals surface area contributed by atoms with Crippen LogP contribution in [0.25, 0.3) is 10.9 Å².